The Bertz CT molecular complexity index is 4240. The number of carbonyl (C=O) groups is 14. The molecule has 1 aromatic carbocycles. The summed E-state index contributed by atoms with van der Waals surface area (Å²) in [5, 5.41) is 44.1. The van der Waals surface area contributed by atoms with E-state index in [1.807, 2.05) is 223 Å². The minimum Gasteiger partial charge on any atom is -0.387 e. The molecule has 7 heterocycles. The summed E-state index contributed by atoms with van der Waals surface area (Å²) in [5.74, 6) is 2.33. The molecule has 35 heteroatoms. The van der Waals surface area contributed by atoms with Gasteiger partial charge < -0.3 is 98.9 Å². The molecule has 2 aromatic heterocycles. The van der Waals surface area contributed by atoms with E-state index in [0.29, 0.717) is 61.6 Å². The summed E-state index contributed by atoms with van der Waals surface area (Å²) >= 11 is 0. The predicted molar refractivity (Wildman–Crippen MR) is 594 cm³/mol. The van der Waals surface area contributed by atoms with Gasteiger partial charge in [-0.2, -0.15) is 0 Å². The van der Waals surface area contributed by atoms with E-state index in [4.69, 9.17) is 4.74 Å². The van der Waals surface area contributed by atoms with E-state index in [2.05, 4.69) is 103 Å². The third-order valence-corrected chi connectivity index (χ3v) is 24.1. The number of rotatable bonds is 25. The third-order valence-electron chi connectivity index (χ3n) is 24.1. The van der Waals surface area contributed by atoms with E-state index >= 15 is 0 Å². The Morgan fingerprint density at radius 1 is 0.372 bits per heavy atom. The molecule has 148 heavy (non-hydrogen) atoms. The number of carbonyl (C=O) groups excluding carboxylic acids is 14. The molecule has 9 aliphatic rings. The molecule has 9 fully saturated rings. The lowest BCUT2D eigenvalue weighted by Crippen LogP contribution is -2.49. The van der Waals surface area contributed by atoms with Gasteiger partial charge in [0.2, 0.25) is 82.7 Å². The molecule has 4 saturated carbocycles. The van der Waals surface area contributed by atoms with Gasteiger partial charge in [0.25, 0.3) is 0 Å². The number of halogens is 1. The summed E-state index contributed by atoms with van der Waals surface area (Å²) in [6.07, 6.45) is 28.6. The van der Waals surface area contributed by atoms with E-state index in [1.165, 1.54) is 114 Å². The van der Waals surface area contributed by atoms with Crippen LogP contribution in [0.25, 0.3) is 0 Å². The van der Waals surface area contributed by atoms with Gasteiger partial charge in [0.1, 0.15) is 5.82 Å². The SMILES string of the molecule is C=C1CC(NC(=O)C(C)C)CN1.CC(C)C(=O)NC(C)(C)C.CC(C)C(=O)NC1CC1.CC(C)C(=O)NC1CCC1.CC(C)C(=O)NC1CCCC1.CC(C)C(=O)NC1CCCCC1.CC(C)C(=O)NC1CCN(C)C(=O)C1.CC(C)C(=O)NC1CCN(C)C1.CC(C)C(=O)NC1CCNC1.CC(C)C(=O)NC1COC1.CC(C)C(=O)Nc1ccc(F)cc1.CC(C)C(=O)Nc1cccnc1.CC(C)C(=O)Nc1ccn(C)c1. The zero-order valence-electron chi connectivity index (χ0n) is 96.6. The second-order valence-corrected chi connectivity index (χ2v) is 44.9. The van der Waals surface area contributed by atoms with Gasteiger partial charge >= 0.3 is 0 Å². The molecule has 0 bridgehead atoms. The summed E-state index contributed by atoms with van der Waals surface area (Å²) < 4.78 is 19.3. The number of hydrogen-bond donors (Lipinski definition) is 15. The van der Waals surface area contributed by atoms with Crippen LogP contribution in [0.1, 0.15) is 323 Å². The van der Waals surface area contributed by atoms with Crippen LogP contribution < -0.4 is 79.8 Å². The minimum absolute atomic E-state index is 0.00482. The van der Waals surface area contributed by atoms with Crippen molar-refractivity contribution in [2.75, 3.05) is 82.5 Å². The van der Waals surface area contributed by atoms with E-state index in [-0.39, 0.29) is 189 Å². The summed E-state index contributed by atoms with van der Waals surface area (Å²) in [4.78, 5) is 164. The zero-order valence-corrected chi connectivity index (χ0v) is 96.6. The van der Waals surface area contributed by atoms with Crippen molar-refractivity contribution in [3.8, 4) is 0 Å². The van der Waals surface area contributed by atoms with Crippen LogP contribution in [0.5, 0.6) is 0 Å². The maximum absolute atomic E-state index is 12.5. The van der Waals surface area contributed by atoms with E-state index in [9.17, 15) is 71.5 Å². The van der Waals surface area contributed by atoms with Crippen molar-refractivity contribution in [3.63, 3.8) is 0 Å². The second-order valence-electron chi connectivity index (χ2n) is 44.9. The molecule has 4 aliphatic carbocycles. The van der Waals surface area contributed by atoms with Crippen LogP contribution in [0, 0.1) is 82.7 Å². The monoisotopic (exact) mass is 2080 g/mol. The molecule has 844 valence electrons. The number of likely N-dealkylation sites (tertiary alicyclic amines) is 2. The van der Waals surface area contributed by atoms with Crippen LogP contribution in [0.15, 0.2) is 79.5 Å². The molecule has 5 aliphatic heterocycles. The molecule has 4 unspecified atom stereocenters. The Balaban J connectivity index is 0.00000158. The van der Waals surface area contributed by atoms with Crippen molar-refractivity contribution >= 4 is 99.8 Å². The van der Waals surface area contributed by atoms with Gasteiger partial charge in [0.15, 0.2) is 0 Å². The Hall–Kier alpha value is -10.4. The molecule has 4 atom stereocenters. The number of pyridine rings is 1. The van der Waals surface area contributed by atoms with Gasteiger partial charge in [-0.3, -0.25) is 72.1 Å². The average Bonchev–Trinajstić information content (AvgIpc) is 1.23. The Labute approximate surface area is 889 Å². The highest BCUT2D eigenvalue weighted by atomic mass is 19.1. The van der Waals surface area contributed by atoms with Gasteiger partial charge in [0, 0.05) is 208 Å². The highest BCUT2D eigenvalue weighted by Gasteiger charge is 2.30. The lowest BCUT2D eigenvalue weighted by molar-refractivity contribution is -0.134. The van der Waals surface area contributed by atoms with Crippen LogP contribution in [0.3, 0.4) is 0 Å². The molecule has 14 amide bonds. The maximum atomic E-state index is 12.5. The molecule has 0 radical (unpaired) electrons. The van der Waals surface area contributed by atoms with Crippen molar-refractivity contribution in [3.05, 3.63) is 85.3 Å². The third kappa shape index (κ3) is 68.3. The Morgan fingerprint density at radius 2 is 0.723 bits per heavy atom. The van der Waals surface area contributed by atoms with Gasteiger partial charge in [-0.05, 0) is 160 Å². The summed E-state index contributed by atoms with van der Waals surface area (Å²) in [5.41, 5.74) is 3.15. The van der Waals surface area contributed by atoms with Crippen molar-refractivity contribution in [1.82, 2.24) is 83.2 Å². The van der Waals surface area contributed by atoms with Gasteiger partial charge in [0.05, 0.1) is 42.9 Å². The standard InChI is InChI=1S/C10H12FNO.C10H18N2O2.C10H19NO.C9H16N2O.C9H18N2O.C9H14N2O.C9H12N2O.C9H17NO.C8H16N2O.C8H15NO.C8H17NO.C7H13NO2.C7H13NO/c1-7(2)10(13)12-9-5-3-8(11)4-6-9;1-7(2)10(14)11-8-4-5-12(3)9(13)6-8;1-8(2)10(12)11-9-6-4-3-5-7-9;1-6(2)9(12)11-8-4-7(3)10-5-8;2*1-7(2)9(12)10-8-4-5-11(3)6-8;1-7(2)9(12)11-8-4-3-5-10-6-8;1-7(2)9(11)10-8-5-3-4-6-8;1-6(2)8(11)10-7-3-4-9-5-7;1-6(2)8(10)9-7-4-3-5-7;1-6(2)7(10)9-8(3,4)5;1-5(2)7(9)8-6-3-10-4-6;1-5(2)7(9)8-6-3-4-6/h3-7H,1-2H3,(H,12,13);7-8H,4-6H2,1-3H3,(H,11,14);8-9H,3-7H2,1-2H3,(H,11,12);6,8,10H,3-5H2,1-2H3,(H,11,12);7-8H,4-6H2,1-3H3,(H,10,12);4-7H,1-3H3,(H,10,12);3-7H,1-2H3,(H,11,12);7-8H,3-6H2,1-2H3,(H,10,11);6-7,9H,3-5H2,1-2H3,(H,10,11);6-7H,3-5H2,1-2H3,(H,9,10);6H,1-5H3,(H,9,10);5-6H,3-4H2,1-2H3,(H,8,9);5-6H,3-4H2,1-2H3,(H,8,9). The van der Waals surface area contributed by atoms with Crippen molar-refractivity contribution in [1.29, 1.82) is 0 Å². The van der Waals surface area contributed by atoms with E-state index in [1.54, 1.807) is 44.3 Å². The van der Waals surface area contributed by atoms with E-state index < -0.39 is 0 Å². The summed E-state index contributed by atoms with van der Waals surface area (Å²) in [7, 11) is 5.80. The predicted octanol–water partition coefficient (Wildman–Crippen LogP) is 15.1. The fourth-order valence-corrected chi connectivity index (χ4v) is 13.4. The first-order chi connectivity index (χ1) is 69.1. The number of hydrogen-bond acceptors (Lipinski definition) is 19. The number of nitrogens with zero attached hydrogens (tertiary/aromatic N) is 4. The van der Waals surface area contributed by atoms with Crippen molar-refractivity contribution < 1.29 is 76.3 Å². The smallest absolute Gasteiger partial charge is 0.226 e. The summed E-state index contributed by atoms with van der Waals surface area (Å²) in [6.45, 7) is 65.9. The topological polar surface area (TPSA) is 453 Å². The van der Waals surface area contributed by atoms with Gasteiger partial charge in [-0.15, -0.1) is 0 Å². The molecule has 3 aromatic rings. The Morgan fingerprint density at radius 3 is 1.02 bits per heavy atom. The molecule has 34 nitrogen and oxygen atoms in total. The largest absolute Gasteiger partial charge is 0.387 e. The fraction of sp³-hybridized carbons (Fsp3) is 0.726. The first kappa shape index (κ1) is 138. The quantitative estimate of drug-likeness (QED) is 0.0375. The van der Waals surface area contributed by atoms with Crippen LogP contribution in [-0.4, -0.2) is 229 Å². The Kier molecular flexibility index (Phi) is 70.0. The number of aryl methyl sites for hydroxylation is 1. The first-order valence-corrected chi connectivity index (χ1v) is 54.5. The number of anilines is 3. The molecule has 15 N–H and O–H groups in total. The van der Waals surface area contributed by atoms with Gasteiger partial charge in [-0.1, -0.05) is 219 Å². The first-order valence-electron chi connectivity index (χ1n) is 54.5. The second kappa shape index (κ2) is 75.3. The molecule has 5 saturated heterocycles. The maximum Gasteiger partial charge on any atom is 0.226 e. The van der Waals surface area contributed by atoms with Crippen LogP contribution in [0.2, 0.25) is 0 Å². The van der Waals surface area contributed by atoms with Crippen molar-refractivity contribution in [2.24, 2.45) is 84.0 Å². The lowest BCUT2D eigenvalue weighted by atomic mass is 9.93. The normalized spacial score (nSPS) is 17.8. The molecule has 0 spiro atoms. The molecule has 12 rings (SSSR count). The average molecular weight is 2080 g/mol. The van der Waals surface area contributed by atoms with Crippen LogP contribution in [0.4, 0.5) is 21.5 Å². The number of amides is 14. The molecular formula is C113H200FN19O15. The lowest BCUT2D eigenvalue weighted by Gasteiger charge is -2.29. The highest BCUT2D eigenvalue weighted by molar-refractivity contribution is 5.93. The fourth-order valence-electron chi connectivity index (χ4n) is 13.4. The number of benzene rings is 1. The number of nitrogens with one attached hydrogen (secondary N) is 15. The van der Waals surface area contributed by atoms with Crippen LogP contribution in [-0.2, 0) is 78.9 Å². The number of aromatic nitrogens is 2. The number of ether oxygens (including phenoxy) is 1. The zero-order chi connectivity index (χ0) is 113. The van der Waals surface area contributed by atoms with Gasteiger partial charge in [-0.25, -0.2) is 4.39 Å². The van der Waals surface area contributed by atoms with Crippen LogP contribution >= 0.6 is 0 Å². The molecular weight excluding hydrogens is 1880 g/mol. The minimum atomic E-state index is -0.303. The summed E-state index contributed by atoms with van der Waals surface area (Å²) in [6, 6.07) is 14.4. The number of likely N-dealkylation sites (N-methyl/N-ethyl adjacent to an activating group) is 1. The van der Waals surface area contributed by atoms with E-state index in [0.717, 1.165) is 82.0 Å². The van der Waals surface area contributed by atoms with Crippen molar-refractivity contribution in [2.45, 2.75) is 383 Å². The highest BCUT2D eigenvalue weighted by Crippen LogP contribution is 2.23. The number of piperidine rings is 1.